The number of nitrogens with two attached hydrogens (primary N) is 1. The Morgan fingerprint density at radius 3 is 1.74 bits per heavy atom. The van der Waals surface area contributed by atoms with Crippen molar-refractivity contribution in [3.8, 4) is 5.75 Å². The molecule has 1 aromatic carbocycles. The van der Waals surface area contributed by atoms with Gasteiger partial charge in [-0.05, 0) is 36.5 Å². The smallest absolute Gasteiger partial charge is 0.322 e. The lowest BCUT2D eigenvalue weighted by Gasteiger charge is -2.27. The van der Waals surface area contributed by atoms with Gasteiger partial charge in [0.25, 0.3) is 0 Å². The first-order chi connectivity index (χ1) is 21.6. The van der Waals surface area contributed by atoms with Gasteiger partial charge in [-0.3, -0.25) is 33.6 Å². The number of aliphatic carboxylic acids is 2. The molecule has 0 aromatic heterocycles. The van der Waals surface area contributed by atoms with Crippen molar-refractivity contribution in [1.82, 2.24) is 26.6 Å². The number of phenolic OH excluding ortho intramolecular Hbond substituents is 1. The van der Waals surface area contributed by atoms with Crippen LogP contribution in [0.25, 0.3) is 0 Å². The molecule has 0 aliphatic heterocycles. The van der Waals surface area contributed by atoms with E-state index in [9.17, 15) is 43.8 Å². The number of aliphatic hydroxyl groups is 2. The van der Waals surface area contributed by atoms with Crippen LogP contribution in [0.1, 0.15) is 38.7 Å². The van der Waals surface area contributed by atoms with E-state index in [1.54, 1.807) is 13.8 Å². The fourth-order valence-electron chi connectivity index (χ4n) is 3.98. The van der Waals surface area contributed by atoms with Crippen LogP contribution in [0.15, 0.2) is 24.3 Å². The minimum atomic E-state index is -1.57. The molecule has 0 fully saturated rings. The van der Waals surface area contributed by atoms with Crippen LogP contribution in [0.4, 0.5) is 0 Å². The number of phenols is 1. The highest BCUT2D eigenvalue weighted by molar-refractivity contribution is 5.96. The molecule has 0 saturated heterocycles. The summed E-state index contributed by atoms with van der Waals surface area (Å²) in [4.78, 5) is 86.5. The number of carboxylic acid groups (broad SMARTS) is 2. The molecule has 18 heteroatoms. The molecule has 0 unspecified atom stereocenters. The number of carboxylic acids is 2. The predicted octanol–water partition coefficient (Wildman–Crippen LogP) is -3.70. The van der Waals surface area contributed by atoms with Gasteiger partial charge in [0.05, 0.1) is 13.2 Å². The van der Waals surface area contributed by atoms with Crippen molar-refractivity contribution in [1.29, 1.82) is 0 Å². The minimum absolute atomic E-state index is 0.0220. The van der Waals surface area contributed by atoms with E-state index < -0.39 is 97.9 Å². The first kappa shape index (κ1) is 39.2. The van der Waals surface area contributed by atoms with Crippen molar-refractivity contribution in [3.05, 3.63) is 29.8 Å². The quantitative estimate of drug-likeness (QED) is 0.0646. The summed E-state index contributed by atoms with van der Waals surface area (Å²) in [5.74, 6) is -7.63. The van der Waals surface area contributed by atoms with E-state index in [4.69, 9.17) is 21.1 Å². The van der Waals surface area contributed by atoms with E-state index in [2.05, 4.69) is 26.6 Å². The molecule has 5 amide bonds. The zero-order chi connectivity index (χ0) is 35.0. The van der Waals surface area contributed by atoms with Crippen molar-refractivity contribution in [2.45, 2.75) is 69.7 Å². The van der Waals surface area contributed by atoms with Gasteiger partial charge >= 0.3 is 11.9 Å². The predicted molar refractivity (Wildman–Crippen MR) is 159 cm³/mol. The van der Waals surface area contributed by atoms with Crippen LogP contribution in [-0.2, 0) is 40.0 Å². The summed E-state index contributed by atoms with van der Waals surface area (Å²) >= 11 is 0. The summed E-state index contributed by atoms with van der Waals surface area (Å²) < 4.78 is 0. The van der Waals surface area contributed by atoms with Crippen LogP contribution in [0.3, 0.4) is 0 Å². The molecular weight excluding hydrogens is 612 g/mol. The monoisotopic (exact) mass is 654 g/mol. The van der Waals surface area contributed by atoms with Crippen molar-refractivity contribution >= 4 is 41.5 Å². The van der Waals surface area contributed by atoms with E-state index in [0.29, 0.717) is 5.56 Å². The van der Waals surface area contributed by atoms with Crippen LogP contribution in [0.5, 0.6) is 5.75 Å². The molecule has 18 nitrogen and oxygen atoms in total. The standard InChI is InChI=1S/C28H42N6O12/c1-14(2)9-19(26(44)31-18(7-8-22(38)39)25(43)30-11-23(40)41)32-27(45)20(10-15-3-5-16(37)6-4-15)33-28(46)21(13-36)34-24(42)17(29)12-35/h3-6,14,17-21,35-37H,7-13,29H2,1-2H3,(H,30,43)(H,31,44)(H,32,45)(H,33,46)(H,34,42)(H,38,39)(H,40,41)/t17-,18-,19-,20-,21-/m0/s1. The maximum Gasteiger partial charge on any atom is 0.322 e. The molecule has 0 heterocycles. The number of amides is 5. The zero-order valence-corrected chi connectivity index (χ0v) is 25.4. The lowest BCUT2D eigenvalue weighted by Crippen LogP contribution is -2.60. The topological polar surface area (TPSA) is 307 Å². The van der Waals surface area contributed by atoms with Gasteiger partial charge in [-0.25, -0.2) is 0 Å². The number of nitrogens with one attached hydrogen (secondary N) is 5. The number of benzene rings is 1. The molecule has 1 rings (SSSR count). The van der Waals surface area contributed by atoms with Gasteiger partial charge in [0, 0.05) is 12.8 Å². The molecule has 0 bridgehead atoms. The maximum atomic E-state index is 13.6. The molecule has 46 heavy (non-hydrogen) atoms. The van der Waals surface area contributed by atoms with Crippen LogP contribution in [0, 0.1) is 5.92 Å². The summed E-state index contributed by atoms with van der Waals surface area (Å²) in [6, 6.07) is -1.56. The Bertz CT molecular complexity index is 1230. The van der Waals surface area contributed by atoms with Gasteiger partial charge in [0.15, 0.2) is 0 Å². The van der Waals surface area contributed by atoms with Gasteiger partial charge < -0.3 is 57.9 Å². The minimum Gasteiger partial charge on any atom is -0.508 e. The summed E-state index contributed by atoms with van der Waals surface area (Å²) in [5, 5.41) is 57.8. The Labute approximate surface area is 264 Å². The summed E-state index contributed by atoms with van der Waals surface area (Å²) in [6.07, 6.45) is -1.09. The van der Waals surface area contributed by atoms with Crippen LogP contribution < -0.4 is 32.3 Å². The highest BCUT2D eigenvalue weighted by atomic mass is 16.4. The SMILES string of the molecule is CC(C)C[C@H](NC(=O)[C@H](Cc1ccc(O)cc1)NC(=O)[C@H](CO)NC(=O)[C@@H](N)CO)C(=O)N[C@@H](CCC(=O)O)C(=O)NCC(=O)O. The Hall–Kier alpha value is -4.81. The third kappa shape index (κ3) is 14.3. The zero-order valence-electron chi connectivity index (χ0n) is 25.4. The van der Waals surface area contributed by atoms with Crippen molar-refractivity contribution in [3.63, 3.8) is 0 Å². The number of carbonyl (C=O) groups is 7. The van der Waals surface area contributed by atoms with Gasteiger partial charge in [-0.1, -0.05) is 26.0 Å². The fourth-order valence-corrected chi connectivity index (χ4v) is 3.98. The molecule has 1 aromatic rings. The third-order valence-corrected chi connectivity index (χ3v) is 6.39. The third-order valence-electron chi connectivity index (χ3n) is 6.39. The van der Waals surface area contributed by atoms with Crippen LogP contribution in [0.2, 0.25) is 0 Å². The molecule has 0 radical (unpaired) electrons. The van der Waals surface area contributed by atoms with Gasteiger partial charge in [0.1, 0.15) is 42.5 Å². The second kappa shape index (κ2) is 19.6. The van der Waals surface area contributed by atoms with Gasteiger partial charge in [-0.2, -0.15) is 0 Å². The first-order valence-electron chi connectivity index (χ1n) is 14.3. The molecule has 0 aliphatic rings. The van der Waals surface area contributed by atoms with Gasteiger partial charge in [-0.15, -0.1) is 0 Å². The van der Waals surface area contributed by atoms with Crippen molar-refractivity contribution in [2.24, 2.45) is 11.7 Å². The second-order valence-corrected chi connectivity index (χ2v) is 10.8. The molecule has 256 valence electrons. The number of hydrogen-bond acceptors (Lipinski definition) is 11. The average Bonchev–Trinajstić information content (AvgIpc) is 2.99. The van der Waals surface area contributed by atoms with E-state index in [0.717, 1.165) is 0 Å². The number of carbonyl (C=O) groups excluding carboxylic acids is 5. The van der Waals surface area contributed by atoms with Crippen molar-refractivity contribution < 1.29 is 59.1 Å². The van der Waals surface area contributed by atoms with Gasteiger partial charge in [0.2, 0.25) is 29.5 Å². The van der Waals surface area contributed by atoms with E-state index in [-0.39, 0.29) is 30.9 Å². The molecule has 0 saturated carbocycles. The Morgan fingerprint density at radius 2 is 1.22 bits per heavy atom. The van der Waals surface area contributed by atoms with E-state index >= 15 is 0 Å². The average molecular weight is 655 g/mol. The Morgan fingerprint density at radius 1 is 0.696 bits per heavy atom. The largest absolute Gasteiger partial charge is 0.508 e. The fraction of sp³-hybridized carbons (Fsp3) is 0.536. The Balaban J connectivity index is 3.28. The normalized spacial score (nSPS) is 14.1. The molecule has 12 N–H and O–H groups in total. The lowest BCUT2D eigenvalue weighted by molar-refractivity contribution is -0.140. The molecule has 0 spiro atoms. The van der Waals surface area contributed by atoms with Crippen LogP contribution in [-0.4, -0.2) is 117 Å². The van der Waals surface area contributed by atoms with Crippen molar-refractivity contribution in [2.75, 3.05) is 19.8 Å². The van der Waals surface area contributed by atoms with E-state index in [1.165, 1.54) is 24.3 Å². The Kier molecular flexibility index (Phi) is 16.7. The van der Waals surface area contributed by atoms with Crippen LogP contribution >= 0.6 is 0 Å². The highest BCUT2D eigenvalue weighted by Gasteiger charge is 2.32. The number of hydrogen-bond donors (Lipinski definition) is 11. The highest BCUT2D eigenvalue weighted by Crippen LogP contribution is 2.13. The summed E-state index contributed by atoms with van der Waals surface area (Å²) in [5.41, 5.74) is 5.90. The summed E-state index contributed by atoms with van der Waals surface area (Å²) in [6.45, 7) is 1.03. The molecule has 0 aliphatic carbocycles. The maximum absolute atomic E-state index is 13.6. The number of aliphatic hydroxyl groups excluding tert-OH is 2. The second-order valence-electron chi connectivity index (χ2n) is 10.8. The molecule has 5 atom stereocenters. The number of rotatable bonds is 20. The number of aromatic hydroxyl groups is 1. The molecular formula is C28H42N6O12. The van der Waals surface area contributed by atoms with E-state index in [1.807, 2.05) is 0 Å². The summed E-state index contributed by atoms with van der Waals surface area (Å²) in [7, 11) is 0. The first-order valence-corrected chi connectivity index (χ1v) is 14.3. The lowest BCUT2D eigenvalue weighted by atomic mass is 10.00.